The molecule has 0 radical (unpaired) electrons. The van der Waals surface area contributed by atoms with E-state index >= 15 is 0 Å². The molecule has 3 aromatic rings. The predicted molar refractivity (Wildman–Crippen MR) is 112 cm³/mol. The lowest BCUT2D eigenvalue weighted by atomic mass is 10.1. The van der Waals surface area contributed by atoms with Gasteiger partial charge >= 0.3 is 0 Å². The van der Waals surface area contributed by atoms with Crippen molar-refractivity contribution < 1.29 is 9.47 Å². The third-order valence-corrected chi connectivity index (χ3v) is 6.16. The van der Waals surface area contributed by atoms with E-state index in [1.165, 1.54) is 11.6 Å². The molecule has 0 spiro atoms. The van der Waals surface area contributed by atoms with Gasteiger partial charge in [0.1, 0.15) is 18.8 Å². The van der Waals surface area contributed by atoms with Gasteiger partial charge in [-0.3, -0.25) is 0 Å². The first-order valence-corrected chi connectivity index (χ1v) is 13.2. The second-order valence-corrected chi connectivity index (χ2v) is 13.6. The van der Waals surface area contributed by atoms with E-state index in [2.05, 4.69) is 58.6 Å². The summed E-state index contributed by atoms with van der Waals surface area (Å²) in [6, 6.07) is 7.62. The molecule has 5 nitrogen and oxygen atoms in total. The largest absolute Gasteiger partial charge is 0.493 e. The third-order valence-electron chi connectivity index (χ3n) is 4.46. The van der Waals surface area contributed by atoms with Crippen molar-refractivity contribution in [2.24, 2.45) is 0 Å². The summed E-state index contributed by atoms with van der Waals surface area (Å²) in [4.78, 5) is 8.23. The topological polar surface area (TPSA) is 49.2 Å². The Morgan fingerprint density at radius 1 is 1.07 bits per heavy atom. The molecule has 1 aromatic carbocycles. The second-order valence-electron chi connectivity index (χ2n) is 8.02. The van der Waals surface area contributed by atoms with E-state index < -0.39 is 8.07 Å². The number of aromatic nitrogens is 3. The molecule has 0 amide bonds. The van der Waals surface area contributed by atoms with Gasteiger partial charge in [-0.25, -0.2) is 9.97 Å². The molecule has 0 atom stereocenters. The Morgan fingerprint density at radius 2 is 1.85 bits per heavy atom. The number of nitrogens with zero attached hydrogens (tertiary/aromatic N) is 3. The van der Waals surface area contributed by atoms with Gasteiger partial charge in [-0.1, -0.05) is 19.6 Å². The van der Waals surface area contributed by atoms with Crippen LogP contribution in [0.1, 0.15) is 18.1 Å². The lowest BCUT2D eigenvalue weighted by Gasteiger charge is -2.16. The molecule has 2 heterocycles. The van der Waals surface area contributed by atoms with Crippen molar-refractivity contribution in [3.63, 3.8) is 0 Å². The summed E-state index contributed by atoms with van der Waals surface area (Å²) in [7, 11) is -1.07. The number of hydrogen-bond acceptors (Lipinski definition) is 4. The fourth-order valence-electron chi connectivity index (χ4n) is 3.01. The molecule has 0 bridgehead atoms. The summed E-state index contributed by atoms with van der Waals surface area (Å²) >= 11 is 0. The number of fused-ring (bicyclic) bond motifs is 1. The first kappa shape index (κ1) is 19.6. The van der Waals surface area contributed by atoms with Crippen LogP contribution in [0.4, 0.5) is 0 Å². The molecule has 0 aliphatic heterocycles. The fraction of sp³-hybridized carbons (Fsp3) is 0.429. The predicted octanol–water partition coefficient (Wildman–Crippen LogP) is 4.73. The van der Waals surface area contributed by atoms with Gasteiger partial charge in [0.15, 0.2) is 0 Å². The molecule has 144 valence electrons. The molecule has 0 saturated heterocycles. The minimum Gasteiger partial charge on any atom is -0.493 e. The van der Waals surface area contributed by atoms with E-state index in [4.69, 9.17) is 9.47 Å². The molecule has 0 saturated carbocycles. The highest BCUT2D eigenvalue weighted by atomic mass is 28.3. The zero-order valence-electron chi connectivity index (χ0n) is 16.7. The van der Waals surface area contributed by atoms with Gasteiger partial charge in [0, 0.05) is 45.1 Å². The summed E-state index contributed by atoms with van der Waals surface area (Å²) in [5.41, 5.74) is 3.41. The Morgan fingerprint density at radius 3 is 2.56 bits per heavy atom. The molecular weight excluding hydrogens is 354 g/mol. The summed E-state index contributed by atoms with van der Waals surface area (Å²) < 4.78 is 14.0. The van der Waals surface area contributed by atoms with Crippen LogP contribution in [0.3, 0.4) is 0 Å². The highest BCUT2D eigenvalue weighted by molar-refractivity contribution is 6.76. The van der Waals surface area contributed by atoms with Crippen LogP contribution in [-0.4, -0.2) is 35.8 Å². The summed E-state index contributed by atoms with van der Waals surface area (Å²) in [6.07, 6.45) is 8.13. The van der Waals surface area contributed by atoms with Gasteiger partial charge in [-0.15, -0.1) is 0 Å². The zero-order chi connectivity index (χ0) is 19.3. The van der Waals surface area contributed by atoms with E-state index in [1.54, 1.807) is 6.33 Å². The van der Waals surface area contributed by atoms with Gasteiger partial charge in [0.2, 0.25) is 0 Å². The quantitative estimate of drug-likeness (QED) is 0.396. The van der Waals surface area contributed by atoms with Crippen LogP contribution in [0.15, 0.2) is 43.1 Å². The molecule has 6 heteroatoms. The molecule has 0 aliphatic carbocycles. The average Bonchev–Trinajstić information content (AvgIpc) is 3.02. The van der Waals surface area contributed by atoms with Gasteiger partial charge in [-0.05, 0) is 42.3 Å². The Balaban J connectivity index is 1.83. The number of ether oxygens (including phenoxy) is 2. The zero-order valence-corrected chi connectivity index (χ0v) is 17.7. The van der Waals surface area contributed by atoms with Crippen LogP contribution >= 0.6 is 0 Å². The minimum absolute atomic E-state index is 0.567. The van der Waals surface area contributed by atoms with E-state index in [0.29, 0.717) is 13.3 Å². The number of benzene rings is 1. The van der Waals surface area contributed by atoms with E-state index in [-0.39, 0.29) is 0 Å². The van der Waals surface area contributed by atoms with Gasteiger partial charge in [0.25, 0.3) is 0 Å². The molecule has 2 aromatic heterocycles. The minimum atomic E-state index is -1.07. The first-order chi connectivity index (χ1) is 13.0. The van der Waals surface area contributed by atoms with Crippen molar-refractivity contribution in [3.8, 4) is 5.75 Å². The molecule has 0 aliphatic rings. The van der Waals surface area contributed by atoms with Crippen molar-refractivity contribution in [2.75, 3.05) is 13.2 Å². The monoisotopic (exact) mass is 383 g/mol. The van der Waals surface area contributed by atoms with E-state index in [1.807, 2.05) is 19.3 Å². The molecular formula is C21H29N3O2Si. The molecule has 27 heavy (non-hydrogen) atoms. The van der Waals surface area contributed by atoms with Gasteiger partial charge in [-0.2, -0.15) is 0 Å². The van der Waals surface area contributed by atoms with E-state index in [9.17, 15) is 0 Å². The first-order valence-electron chi connectivity index (χ1n) is 9.52. The number of hydrogen-bond donors (Lipinski definition) is 0. The lowest BCUT2D eigenvalue weighted by Crippen LogP contribution is -2.21. The van der Waals surface area contributed by atoms with Crippen LogP contribution in [0.2, 0.25) is 25.7 Å². The Hall–Kier alpha value is -2.18. The third kappa shape index (κ3) is 5.40. The smallest absolute Gasteiger partial charge is 0.128 e. The molecule has 0 fully saturated rings. The van der Waals surface area contributed by atoms with Crippen LogP contribution in [-0.2, 0) is 17.9 Å². The maximum Gasteiger partial charge on any atom is 0.128 e. The van der Waals surface area contributed by atoms with Crippen LogP contribution < -0.4 is 4.74 Å². The van der Waals surface area contributed by atoms with Crippen molar-refractivity contribution in [2.45, 2.75) is 45.8 Å². The van der Waals surface area contributed by atoms with Crippen LogP contribution in [0.25, 0.3) is 10.9 Å². The van der Waals surface area contributed by atoms with Crippen molar-refractivity contribution in [3.05, 3.63) is 54.2 Å². The molecule has 3 rings (SSSR count). The maximum atomic E-state index is 5.96. The average molecular weight is 384 g/mol. The van der Waals surface area contributed by atoms with Crippen LogP contribution in [0, 0.1) is 0 Å². The van der Waals surface area contributed by atoms with E-state index in [0.717, 1.165) is 35.2 Å². The van der Waals surface area contributed by atoms with Gasteiger partial charge in [0.05, 0.1) is 12.1 Å². The van der Waals surface area contributed by atoms with Crippen molar-refractivity contribution >= 4 is 19.0 Å². The SMILES string of the molecule is CCOc1cc(Cc2cncnc2)cc2c1ccn2COCC[Si](C)(C)C. The maximum absolute atomic E-state index is 5.96. The highest BCUT2D eigenvalue weighted by Crippen LogP contribution is 2.30. The van der Waals surface area contributed by atoms with Crippen LogP contribution in [0.5, 0.6) is 5.75 Å². The standard InChI is InChI=1S/C21H29N3O2Si/c1-5-26-21-12-17(10-18-13-22-15-23-14-18)11-20-19(21)6-7-24(20)16-25-8-9-27(2,3)4/h6-7,11-15H,5,8-10,16H2,1-4H3. The lowest BCUT2D eigenvalue weighted by molar-refractivity contribution is 0.0902. The van der Waals surface area contributed by atoms with Crippen molar-refractivity contribution in [1.82, 2.24) is 14.5 Å². The summed E-state index contributed by atoms with van der Waals surface area (Å²) in [5, 5.41) is 1.12. The Bertz CT molecular complexity index is 872. The highest BCUT2D eigenvalue weighted by Gasteiger charge is 2.13. The summed E-state index contributed by atoms with van der Waals surface area (Å²) in [6.45, 7) is 11.1. The molecule has 0 N–H and O–H groups in total. The Kier molecular flexibility index (Phi) is 6.29. The number of rotatable bonds is 9. The fourth-order valence-corrected chi connectivity index (χ4v) is 3.76. The molecule has 0 unspecified atom stereocenters. The van der Waals surface area contributed by atoms with Gasteiger partial charge < -0.3 is 14.0 Å². The normalized spacial score (nSPS) is 11.9. The Labute approximate surface area is 162 Å². The summed E-state index contributed by atoms with van der Waals surface area (Å²) in [5.74, 6) is 0.919. The second kappa shape index (κ2) is 8.67. The van der Waals surface area contributed by atoms with Crippen molar-refractivity contribution in [1.29, 1.82) is 0 Å².